The first-order valence-corrected chi connectivity index (χ1v) is 5.68. The number of hydrogen-bond acceptors (Lipinski definition) is 1. The number of rotatable bonds is 1. The Morgan fingerprint density at radius 3 is 2.47 bits per heavy atom. The SMILES string of the molecule is Cc1cc2nc(-[n+]3ccccc3)[nH]c2cc1C. The van der Waals surface area contributed by atoms with Crippen LogP contribution < -0.4 is 4.57 Å². The second-order valence-corrected chi connectivity index (χ2v) is 4.30. The van der Waals surface area contributed by atoms with Gasteiger partial charge in [-0.25, -0.2) is 9.55 Å². The fourth-order valence-corrected chi connectivity index (χ4v) is 1.92. The Bertz CT molecular complexity index is 630. The highest BCUT2D eigenvalue weighted by molar-refractivity contribution is 5.77. The zero-order valence-corrected chi connectivity index (χ0v) is 9.94. The summed E-state index contributed by atoms with van der Waals surface area (Å²) in [6.07, 6.45) is 3.97. The number of H-pyrrole nitrogens is 1. The van der Waals surface area contributed by atoms with E-state index in [4.69, 9.17) is 0 Å². The molecule has 3 heteroatoms. The van der Waals surface area contributed by atoms with E-state index in [-0.39, 0.29) is 0 Å². The number of nitrogens with one attached hydrogen (secondary N) is 1. The van der Waals surface area contributed by atoms with E-state index < -0.39 is 0 Å². The Labute approximate surface area is 99.8 Å². The van der Waals surface area contributed by atoms with E-state index in [2.05, 4.69) is 35.9 Å². The molecule has 0 radical (unpaired) electrons. The van der Waals surface area contributed by atoms with Crippen molar-refractivity contribution < 1.29 is 4.57 Å². The van der Waals surface area contributed by atoms with Crippen molar-refractivity contribution in [2.24, 2.45) is 0 Å². The monoisotopic (exact) mass is 224 g/mol. The van der Waals surface area contributed by atoms with Gasteiger partial charge in [-0.2, -0.15) is 0 Å². The minimum absolute atomic E-state index is 0.852. The second kappa shape index (κ2) is 3.70. The molecule has 0 aliphatic carbocycles. The van der Waals surface area contributed by atoms with Gasteiger partial charge in [0.05, 0.1) is 12.4 Å². The summed E-state index contributed by atoms with van der Waals surface area (Å²) in [7, 11) is 0. The minimum Gasteiger partial charge on any atom is -0.238 e. The lowest BCUT2D eigenvalue weighted by molar-refractivity contribution is -0.603. The van der Waals surface area contributed by atoms with E-state index >= 15 is 0 Å². The molecule has 0 amide bonds. The number of aromatic amines is 1. The summed E-state index contributed by atoms with van der Waals surface area (Å²) >= 11 is 0. The predicted octanol–water partition coefficient (Wildman–Crippen LogP) is 2.46. The molecule has 0 bridgehead atoms. The van der Waals surface area contributed by atoms with Crippen molar-refractivity contribution in [1.29, 1.82) is 0 Å². The number of nitrogens with zero attached hydrogens (tertiary/aromatic N) is 2. The van der Waals surface area contributed by atoms with Crippen LogP contribution in [0.3, 0.4) is 0 Å². The molecule has 2 heterocycles. The van der Waals surface area contributed by atoms with Crippen LogP contribution in [0.25, 0.3) is 17.0 Å². The van der Waals surface area contributed by atoms with E-state index in [1.54, 1.807) is 0 Å². The first kappa shape index (κ1) is 10.0. The lowest BCUT2D eigenvalue weighted by Gasteiger charge is -1.94. The molecule has 0 aliphatic heterocycles. The quantitative estimate of drug-likeness (QED) is 0.633. The molecule has 84 valence electrons. The van der Waals surface area contributed by atoms with Crippen LogP contribution in [0.15, 0.2) is 42.7 Å². The lowest BCUT2D eigenvalue weighted by Crippen LogP contribution is -2.30. The molecule has 0 aliphatic rings. The number of aryl methyl sites for hydroxylation is 2. The highest BCUT2D eigenvalue weighted by Gasteiger charge is 2.13. The van der Waals surface area contributed by atoms with E-state index in [1.807, 2.05) is 35.2 Å². The van der Waals surface area contributed by atoms with Crippen LogP contribution in [0.2, 0.25) is 0 Å². The molecule has 1 N–H and O–H groups in total. The molecule has 0 atom stereocenters. The summed E-state index contributed by atoms with van der Waals surface area (Å²) in [5, 5.41) is 0. The summed E-state index contributed by atoms with van der Waals surface area (Å²) < 4.78 is 1.98. The van der Waals surface area contributed by atoms with Gasteiger partial charge < -0.3 is 0 Å². The Kier molecular flexibility index (Phi) is 2.18. The van der Waals surface area contributed by atoms with Crippen molar-refractivity contribution in [3.63, 3.8) is 0 Å². The zero-order valence-electron chi connectivity index (χ0n) is 9.94. The minimum atomic E-state index is 0.852. The highest BCUT2D eigenvalue weighted by Crippen LogP contribution is 2.17. The summed E-state index contributed by atoms with van der Waals surface area (Å²) in [6.45, 7) is 4.23. The average Bonchev–Trinajstić information content (AvgIpc) is 2.74. The van der Waals surface area contributed by atoms with Gasteiger partial charge in [0.25, 0.3) is 0 Å². The van der Waals surface area contributed by atoms with Gasteiger partial charge in [-0.15, -0.1) is 0 Å². The molecule has 0 spiro atoms. The van der Waals surface area contributed by atoms with Gasteiger partial charge in [0.15, 0.2) is 5.52 Å². The first-order valence-electron chi connectivity index (χ1n) is 5.68. The van der Waals surface area contributed by atoms with Gasteiger partial charge in [-0.3, -0.25) is 0 Å². The summed E-state index contributed by atoms with van der Waals surface area (Å²) in [4.78, 5) is 7.92. The Balaban J connectivity index is 2.21. The third-order valence-corrected chi connectivity index (χ3v) is 3.04. The Morgan fingerprint density at radius 1 is 1.00 bits per heavy atom. The first-order chi connectivity index (χ1) is 8.24. The molecule has 3 nitrogen and oxygen atoms in total. The third kappa shape index (κ3) is 1.69. The fourth-order valence-electron chi connectivity index (χ4n) is 1.92. The molecule has 0 saturated heterocycles. The molecule has 1 aromatic carbocycles. The average molecular weight is 224 g/mol. The van der Waals surface area contributed by atoms with E-state index in [0.29, 0.717) is 0 Å². The van der Waals surface area contributed by atoms with Gasteiger partial charge in [-0.1, -0.05) is 11.1 Å². The van der Waals surface area contributed by atoms with Crippen LogP contribution in [0.4, 0.5) is 0 Å². The molecule has 2 aromatic heterocycles. The van der Waals surface area contributed by atoms with Gasteiger partial charge in [0, 0.05) is 0 Å². The molecule has 0 saturated carbocycles. The van der Waals surface area contributed by atoms with Crippen molar-refractivity contribution in [3.05, 3.63) is 53.9 Å². The van der Waals surface area contributed by atoms with Gasteiger partial charge in [0.2, 0.25) is 0 Å². The normalized spacial score (nSPS) is 10.9. The van der Waals surface area contributed by atoms with Crippen LogP contribution in [-0.4, -0.2) is 9.97 Å². The number of aromatic nitrogens is 3. The maximum Gasteiger partial charge on any atom is 0.401 e. The number of benzene rings is 1. The third-order valence-electron chi connectivity index (χ3n) is 3.04. The van der Waals surface area contributed by atoms with Crippen molar-refractivity contribution in [2.75, 3.05) is 0 Å². The molecular weight excluding hydrogens is 210 g/mol. The maximum atomic E-state index is 4.59. The largest absolute Gasteiger partial charge is 0.401 e. The highest BCUT2D eigenvalue weighted by atomic mass is 15.1. The van der Waals surface area contributed by atoms with Gasteiger partial charge in [0.1, 0.15) is 5.52 Å². The standard InChI is InChI=1S/C14H14N3/c1-10-8-12-13(9-11(10)2)16-14(15-12)17-6-4-3-5-7-17/h3-9H,1-2H3,(H,15,16)/q+1. The molecule has 0 fully saturated rings. The number of imidazole rings is 1. The van der Waals surface area contributed by atoms with Gasteiger partial charge in [-0.05, 0) is 49.2 Å². The molecule has 3 rings (SSSR count). The van der Waals surface area contributed by atoms with Crippen LogP contribution in [-0.2, 0) is 0 Å². The number of hydrogen-bond donors (Lipinski definition) is 1. The summed E-state index contributed by atoms with van der Waals surface area (Å²) in [6, 6.07) is 10.2. The van der Waals surface area contributed by atoms with Crippen molar-refractivity contribution >= 4 is 11.0 Å². The smallest absolute Gasteiger partial charge is 0.238 e. The molecule has 17 heavy (non-hydrogen) atoms. The van der Waals surface area contributed by atoms with E-state index in [0.717, 1.165) is 17.0 Å². The van der Waals surface area contributed by atoms with Crippen LogP contribution in [0.1, 0.15) is 11.1 Å². The summed E-state index contributed by atoms with van der Waals surface area (Å²) in [5.74, 6) is 0.852. The Morgan fingerprint density at radius 2 is 1.71 bits per heavy atom. The zero-order chi connectivity index (χ0) is 11.8. The predicted molar refractivity (Wildman–Crippen MR) is 67.1 cm³/mol. The van der Waals surface area contributed by atoms with Crippen molar-refractivity contribution in [2.45, 2.75) is 13.8 Å². The Hall–Kier alpha value is -2.16. The maximum absolute atomic E-state index is 4.59. The molecular formula is C14H14N3+. The van der Waals surface area contributed by atoms with Crippen LogP contribution >= 0.6 is 0 Å². The van der Waals surface area contributed by atoms with Crippen molar-refractivity contribution in [1.82, 2.24) is 9.97 Å². The van der Waals surface area contributed by atoms with Crippen molar-refractivity contribution in [3.8, 4) is 5.95 Å². The van der Waals surface area contributed by atoms with Gasteiger partial charge >= 0.3 is 5.95 Å². The van der Waals surface area contributed by atoms with E-state index in [1.165, 1.54) is 11.1 Å². The molecule has 0 unspecified atom stereocenters. The number of fused-ring (bicyclic) bond motifs is 1. The second-order valence-electron chi connectivity index (χ2n) is 4.30. The molecule has 3 aromatic rings. The topological polar surface area (TPSA) is 32.6 Å². The van der Waals surface area contributed by atoms with E-state index in [9.17, 15) is 0 Å². The lowest BCUT2D eigenvalue weighted by atomic mass is 10.1. The fraction of sp³-hybridized carbons (Fsp3) is 0.143. The van der Waals surface area contributed by atoms with Crippen LogP contribution in [0.5, 0.6) is 0 Å². The number of pyridine rings is 1. The van der Waals surface area contributed by atoms with Crippen LogP contribution in [0, 0.1) is 13.8 Å². The summed E-state index contributed by atoms with van der Waals surface area (Å²) in [5.41, 5.74) is 4.65.